The van der Waals surface area contributed by atoms with Crippen molar-refractivity contribution >= 4 is 11.4 Å². The highest BCUT2D eigenvalue weighted by Gasteiger charge is 2.23. The predicted octanol–water partition coefficient (Wildman–Crippen LogP) is 0.660. The molecule has 4 heteroatoms. The van der Waals surface area contributed by atoms with Gasteiger partial charge in [0.25, 0.3) is 0 Å². The van der Waals surface area contributed by atoms with Crippen molar-refractivity contribution in [3.8, 4) is 0 Å². The van der Waals surface area contributed by atoms with Crippen LogP contribution in [0.25, 0.3) is 0 Å². The minimum Gasteiger partial charge on any atom is -0.394 e. The lowest BCUT2D eigenvalue weighted by atomic mass is 10.1. The molecule has 88 valence electrons. The summed E-state index contributed by atoms with van der Waals surface area (Å²) in [6.07, 6.45) is -0.686. The molecule has 2 unspecified atom stereocenters. The molecule has 0 fully saturated rings. The Hall–Kier alpha value is -1.26. The summed E-state index contributed by atoms with van der Waals surface area (Å²) >= 11 is 0. The van der Waals surface area contributed by atoms with E-state index in [0.29, 0.717) is 12.6 Å². The number of benzene rings is 1. The van der Waals surface area contributed by atoms with E-state index < -0.39 is 6.10 Å². The second-order valence-electron chi connectivity index (χ2n) is 4.24. The summed E-state index contributed by atoms with van der Waals surface area (Å²) in [4.78, 5) is 2.13. The summed E-state index contributed by atoms with van der Waals surface area (Å²) in [6.45, 7) is 3.23. The molecular formula is C12H18N2O2. The monoisotopic (exact) mass is 222 g/mol. The van der Waals surface area contributed by atoms with Gasteiger partial charge in [-0.3, -0.25) is 0 Å². The summed E-state index contributed by atoms with van der Waals surface area (Å²) < 4.78 is 0. The second kappa shape index (κ2) is 4.72. The summed E-state index contributed by atoms with van der Waals surface area (Å²) in [5, 5.41) is 21.8. The van der Waals surface area contributed by atoms with Crippen LogP contribution in [0.3, 0.4) is 0 Å². The van der Waals surface area contributed by atoms with Crippen LogP contribution in [0, 0.1) is 0 Å². The number of fused-ring (bicyclic) bond motifs is 1. The van der Waals surface area contributed by atoms with Gasteiger partial charge >= 0.3 is 0 Å². The molecule has 2 rings (SSSR count). The van der Waals surface area contributed by atoms with Crippen LogP contribution in [0.15, 0.2) is 24.3 Å². The Bertz CT molecular complexity index is 357. The smallest absolute Gasteiger partial charge is 0.0945 e. The Morgan fingerprint density at radius 2 is 2.25 bits per heavy atom. The Labute approximate surface area is 95.5 Å². The third-order valence-corrected chi connectivity index (χ3v) is 2.95. The molecule has 0 amide bonds. The molecule has 0 radical (unpaired) electrons. The van der Waals surface area contributed by atoms with E-state index >= 15 is 0 Å². The highest BCUT2D eigenvalue weighted by atomic mass is 16.3. The number of nitrogens with one attached hydrogen (secondary N) is 1. The van der Waals surface area contributed by atoms with Gasteiger partial charge < -0.3 is 20.4 Å². The lowest BCUT2D eigenvalue weighted by Gasteiger charge is -2.38. The van der Waals surface area contributed by atoms with Crippen LogP contribution in [-0.2, 0) is 0 Å². The fourth-order valence-electron chi connectivity index (χ4n) is 2.04. The lowest BCUT2D eigenvalue weighted by Crippen LogP contribution is -2.46. The highest BCUT2D eigenvalue weighted by Crippen LogP contribution is 2.30. The summed E-state index contributed by atoms with van der Waals surface area (Å²) in [5.74, 6) is 0. The van der Waals surface area contributed by atoms with Gasteiger partial charge in [0, 0.05) is 19.1 Å². The number of nitrogens with zero attached hydrogens (tertiary/aromatic N) is 1. The number of rotatable bonds is 3. The fraction of sp³-hybridized carbons (Fsp3) is 0.500. The van der Waals surface area contributed by atoms with Gasteiger partial charge in [-0.15, -0.1) is 0 Å². The van der Waals surface area contributed by atoms with Crippen LogP contribution in [0.5, 0.6) is 0 Å². The van der Waals surface area contributed by atoms with Crippen molar-refractivity contribution in [2.45, 2.75) is 19.1 Å². The number of aliphatic hydroxyl groups excluding tert-OH is 2. The first kappa shape index (κ1) is 11.2. The Kier molecular flexibility index (Phi) is 3.31. The molecule has 2 atom stereocenters. The first-order chi connectivity index (χ1) is 7.72. The molecule has 0 saturated heterocycles. The Balaban J connectivity index is 2.22. The largest absolute Gasteiger partial charge is 0.394 e. The van der Waals surface area contributed by atoms with Gasteiger partial charge in [0.1, 0.15) is 0 Å². The normalized spacial score (nSPS) is 21.2. The molecule has 1 aliphatic rings. The molecule has 1 aromatic rings. The van der Waals surface area contributed by atoms with Crippen molar-refractivity contribution < 1.29 is 10.2 Å². The van der Waals surface area contributed by atoms with E-state index in [4.69, 9.17) is 5.11 Å². The van der Waals surface area contributed by atoms with E-state index in [2.05, 4.69) is 17.1 Å². The zero-order valence-corrected chi connectivity index (χ0v) is 9.43. The third-order valence-electron chi connectivity index (χ3n) is 2.95. The minimum atomic E-state index is -0.686. The van der Waals surface area contributed by atoms with E-state index in [1.165, 1.54) is 0 Å². The average molecular weight is 222 g/mol. The van der Waals surface area contributed by atoms with E-state index in [1.54, 1.807) is 0 Å². The zero-order chi connectivity index (χ0) is 11.5. The molecule has 4 nitrogen and oxygen atoms in total. The average Bonchev–Trinajstić information content (AvgIpc) is 2.32. The first-order valence-electron chi connectivity index (χ1n) is 5.61. The van der Waals surface area contributed by atoms with Gasteiger partial charge in [-0.05, 0) is 19.1 Å². The maximum Gasteiger partial charge on any atom is 0.0945 e. The Morgan fingerprint density at radius 3 is 3.00 bits per heavy atom. The standard InChI is InChI=1S/C12H18N2O2/c1-9-6-13-11-4-2-3-5-12(11)14(9)7-10(16)8-15/h2-5,9-10,13,15-16H,6-8H2,1H3. The molecule has 3 N–H and O–H groups in total. The van der Waals surface area contributed by atoms with Crippen LogP contribution < -0.4 is 10.2 Å². The van der Waals surface area contributed by atoms with Gasteiger partial charge in [-0.25, -0.2) is 0 Å². The molecule has 1 heterocycles. The second-order valence-corrected chi connectivity index (χ2v) is 4.24. The molecule has 0 bridgehead atoms. The van der Waals surface area contributed by atoms with Crippen molar-refractivity contribution in [1.82, 2.24) is 0 Å². The molecule has 0 aromatic heterocycles. The lowest BCUT2D eigenvalue weighted by molar-refractivity contribution is 0.0986. The predicted molar refractivity (Wildman–Crippen MR) is 64.8 cm³/mol. The summed E-state index contributed by atoms with van der Waals surface area (Å²) in [6, 6.07) is 8.34. The maximum absolute atomic E-state index is 9.54. The summed E-state index contributed by atoms with van der Waals surface area (Å²) in [7, 11) is 0. The number of β-amino-alcohol motifs (C(OH)–C–C–N with tert-alkyl or cyclic N) is 1. The molecule has 1 aliphatic heterocycles. The number of aliphatic hydroxyl groups is 2. The van der Waals surface area contributed by atoms with Gasteiger partial charge in [-0.2, -0.15) is 0 Å². The van der Waals surface area contributed by atoms with Gasteiger partial charge in [0.05, 0.1) is 24.1 Å². The van der Waals surface area contributed by atoms with Crippen molar-refractivity contribution in [1.29, 1.82) is 0 Å². The van der Waals surface area contributed by atoms with Gasteiger partial charge in [-0.1, -0.05) is 12.1 Å². The maximum atomic E-state index is 9.54. The number of para-hydroxylation sites is 2. The van der Waals surface area contributed by atoms with Gasteiger partial charge in [0.15, 0.2) is 0 Å². The molecule has 1 aromatic carbocycles. The molecule has 0 spiro atoms. The summed E-state index contributed by atoms with van der Waals surface area (Å²) in [5.41, 5.74) is 2.18. The fourth-order valence-corrected chi connectivity index (χ4v) is 2.04. The number of hydrogen-bond donors (Lipinski definition) is 3. The van der Waals surface area contributed by atoms with Crippen LogP contribution in [0.1, 0.15) is 6.92 Å². The van der Waals surface area contributed by atoms with Crippen LogP contribution >= 0.6 is 0 Å². The quantitative estimate of drug-likeness (QED) is 0.703. The van der Waals surface area contributed by atoms with E-state index in [-0.39, 0.29) is 6.61 Å². The Morgan fingerprint density at radius 1 is 1.50 bits per heavy atom. The molecule has 0 saturated carbocycles. The van der Waals surface area contributed by atoms with Crippen molar-refractivity contribution in [2.24, 2.45) is 0 Å². The third kappa shape index (κ3) is 2.13. The van der Waals surface area contributed by atoms with Gasteiger partial charge in [0.2, 0.25) is 0 Å². The van der Waals surface area contributed by atoms with Crippen LogP contribution in [0.2, 0.25) is 0 Å². The topological polar surface area (TPSA) is 55.7 Å². The first-order valence-corrected chi connectivity index (χ1v) is 5.61. The van der Waals surface area contributed by atoms with E-state index in [1.807, 2.05) is 24.3 Å². The molecule has 16 heavy (non-hydrogen) atoms. The van der Waals surface area contributed by atoms with Crippen molar-refractivity contribution in [3.05, 3.63) is 24.3 Å². The van der Waals surface area contributed by atoms with E-state index in [0.717, 1.165) is 17.9 Å². The van der Waals surface area contributed by atoms with E-state index in [9.17, 15) is 5.11 Å². The zero-order valence-electron chi connectivity index (χ0n) is 9.43. The number of hydrogen-bond acceptors (Lipinski definition) is 4. The number of anilines is 2. The SMILES string of the molecule is CC1CNc2ccccc2N1CC(O)CO. The highest BCUT2D eigenvalue weighted by molar-refractivity contribution is 5.72. The molecular weight excluding hydrogens is 204 g/mol. The van der Waals surface area contributed by atoms with Crippen molar-refractivity contribution in [3.63, 3.8) is 0 Å². The molecule has 0 aliphatic carbocycles. The van der Waals surface area contributed by atoms with Crippen molar-refractivity contribution in [2.75, 3.05) is 29.9 Å². The minimum absolute atomic E-state index is 0.196. The van der Waals surface area contributed by atoms with Crippen LogP contribution in [-0.4, -0.2) is 42.1 Å². The van der Waals surface area contributed by atoms with Crippen LogP contribution in [0.4, 0.5) is 11.4 Å².